The Kier molecular flexibility index (Phi) is 5.55. The average Bonchev–Trinajstić information content (AvgIpc) is 3.19. The Morgan fingerprint density at radius 2 is 2.03 bits per heavy atom. The number of hydrogen-bond donors (Lipinski definition) is 1. The number of carbonyl (C=O) groups excluding carboxylic acids is 1. The van der Waals surface area contributed by atoms with Crippen LogP contribution < -0.4 is 9.47 Å². The SMILES string of the molecule is CC1OCC2OC(OC3c4cc5c(cc4CCC3COC=O)OCO5)C(O)CC2O1. The molecular formula is C21H26O9. The molecule has 0 radical (unpaired) electrons. The number of hydrogen-bond acceptors (Lipinski definition) is 9. The minimum Gasteiger partial charge on any atom is -0.467 e. The third kappa shape index (κ3) is 3.76. The molecule has 1 N–H and O–H groups in total. The van der Waals surface area contributed by atoms with Crippen LogP contribution in [0, 0.1) is 5.92 Å². The van der Waals surface area contributed by atoms with E-state index in [1.165, 1.54) is 0 Å². The van der Waals surface area contributed by atoms with Crippen molar-refractivity contribution >= 4 is 6.47 Å². The summed E-state index contributed by atoms with van der Waals surface area (Å²) in [6, 6.07) is 3.89. The molecule has 164 valence electrons. The van der Waals surface area contributed by atoms with E-state index in [1.54, 1.807) is 0 Å². The van der Waals surface area contributed by atoms with Crippen molar-refractivity contribution < 1.29 is 43.1 Å². The fraction of sp³-hybridized carbons (Fsp3) is 0.667. The first-order chi connectivity index (χ1) is 14.6. The van der Waals surface area contributed by atoms with Crippen molar-refractivity contribution in [2.24, 2.45) is 5.92 Å². The second kappa shape index (κ2) is 8.32. The van der Waals surface area contributed by atoms with Crippen LogP contribution in [0.1, 0.15) is 37.0 Å². The third-order valence-corrected chi connectivity index (χ3v) is 6.19. The molecule has 0 amide bonds. The molecule has 2 saturated heterocycles. The number of aliphatic hydroxyl groups is 1. The molecule has 0 spiro atoms. The molecule has 7 unspecified atom stereocenters. The van der Waals surface area contributed by atoms with E-state index >= 15 is 0 Å². The first-order valence-electron chi connectivity index (χ1n) is 10.4. The molecule has 3 heterocycles. The highest BCUT2D eigenvalue weighted by Gasteiger charge is 2.44. The summed E-state index contributed by atoms with van der Waals surface area (Å²) in [6.07, 6.45) is -0.998. The second-order valence-electron chi connectivity index (χ2n) is 8.11. The summed E-state index contributed by atoms with van der Waals surface area (Å²) in [5.41, 5.74) is 2.03. The summed E-state index contributed by atoms with van der Waals surface area (Å²) in [6.45, 7) is 3.07. The highest BCUT2D eigenvalue weighted by Crippen LogP contribution is 2.45. The van der Waals surface area contributed by atoms with E-state index in [2.05, 4.69) is 0 Å². The van der Waals surface area contributed by atoms with Crippen molar-refractivity contribution in [1.29, 1.82) is 0 Å². The number of rotatable bonds is 5. The number of fused-ring (bicyclic) bond motifs is 3. The van der Waals surface area contributed by atoms with Crippen molar-refractivity contribution in [3.05, 3.63) is 23.3 Å². The Morgan fingerprint density at radius 3 is 2.87 bits per heavy atom. The van der Waals surface area contributed by atoms with Crippen LogP contribution in [0.2, 0.25) is 0 Å². The highest BCUT2D eigenvalue weighted by atomic mass is 16.7. The minimum absolute atomic E-state index is 0.0736. The van der Waals surface area contributed by atoms with E-state index in [1.807, 2.05) is 19.1 Å². The van der Waals surface area contributed by atoms with Crippen LogP contribution in [0.15, 0.2) is 12.1 Å². The smallest absolute Gasteiger partial charge is 0.293 e. The maximum atomic E-state index is 10.8. The first kappa shape index (κ1) is 20.0. The predicted molar refractivity (Wildman–Crippen MR) is 99.8 cm³/mol. The van der Waals surface area contributed by atoms with Crippen LogP contribution in [-0.4, -0.2) is 62.5 Å². The summed E-state index contributed by atoms with van der Waals surface area (Å²) in [5.74, 6) is 1.31. The molecule has 0 saturated carbocycles. The molecule has 1 aromatic rings. The lowest BCUT2D eigenvalue weighted by molar-refractivity contribution is -0.340. The van der Waals surface area contributed by atoms with Crippen molar-refractivity contribution in [3.63, 3.8) is 0 Å². The van der Waals surface area contributed by atoms with Gasteiger partial charge in [-0.15, -0.1) is 0 Å². The summed E-state index contributed by atoms with van der Waals surface area (Å²) in [4.78, 5) is 10.8. The summed E-state index contributed by atoms with van der Waals surface area (Å²) in [7, 11) is 0. The lowest BCUT2D eigenvalue weighted by Crippen LogP contribution is -2.55. The van der Waals surface area contributed by atoms with Crippen LogP contribution in [-0.2, 0) is 34.9 Å². The van der Waals surface area contributed by atoms with Gasteiger partial charge in [0.1, 0.15) is 12.2 Å². The largest absolute Gasteiger partial charge is 0.467 e. The molecule has 1 aromatic carbocycles. The molecule has 3 aliphatic heterocycles. The van der Waals surface area contributed by atoms with E-state index in [9.17, 15) is 9.90 Å². The van der Waals surface area contributed by atoms with Crippen molar-refractivity contribution in [2.45, 2.75) is 63.2 Å². The third-order valence-electron chi connectivity index (χ3n) is 6.19. The van der Waals surface area contributed by atoms with E-state index < -0.39 is 18.5 Å². The lowest BCUT2D eigenvalue weighted by atomic mass is 9.81. The van der Waals surface area contributed by atoms with Gasteiger partial charge in [-0.25, -0.2) is 0 Å². The van der Waals surface area contributed by atoms with Crippen LogP contribution in [0.25, 0.3) is 0 Å². The van der Waals surface area contributed by atoms with Gasteiger partial charge in [0, 0.05) is 12.3 Å². The van der Waals surface area contributed by atoms with E-state index in [-0.39, 0.29) is 37.8 Å². The highest BCUT2D eigenvalue weighted by molar-refractivity contribution is 5.50. The molecular weight excluding hydrogens is 396 g/mol. The van der Waals surface area contributed by atoms with Crippen LogP contribution in [0.3, 0.4) is 0 Å². The molecule has 2 fully saturated rings. The zero-order valence-corrected chi connectivity index (χ0v) is 16.7. The van der Waals surface area contributed by atoms with Crippen LogP contribution >= 0.6 is 0 Å². The molecule has 9 heteroatoms. The number of aryl methyl sites for hydroxylation is 1. The standard InChI is InChI=1S/C21H26O9/c1-11-25-8-19-18(28-11)6-15(23)21(29-19)30-20-13(7-24-9-22)3-2-12-4-16-17(5-14(12)20)27-10-26-16/h4-5,9,11,13,15,18-21,23H,2-3,6-8,10H2,1H3. The predicted octanol–water partition coefficient (Wildman–Crippen LogP) is 1.45. The van der Waals surface area contributed by atoms with E-state index in [4.69, 9.17) is 33.2 Å². The monoisotopic (exact) mass is 422 g/mol. The molecule has 30 heavy (non-hydrogen) atoms. The number of aliphatic hydroxyl groups excluding tert-OH is 1. The Hall–Kier alpha value is -1.91. The fourth-order valence-electron chi connectivity index (χ4n) is 4.67. The maximum absolute atomic E-state index is 10.8. The van der Waals surface area contributed by atoms with Gasteiger partial charge >= 0.3 is 0 Å². The molecule has 4 aliphatic rings. The lowest BCUT2D eigenvalue weighted by Gasteiger charge is -2.45. The van der Waals surface area contributed by atoms with Gasteiger partial charge in [0.05, 0.1) is 25.4 Å². The number of carbonyl (C=O) groups is 1. The zero-order valence-electron chi connectivity index (χ0n) is 16.7. The van der Waals surface area contributed by atoms with E-state index in [0.717, 1.165) is 29.7 Å². The maximum Gasteiger partial charge on any atom is 0.293 e. The number of ether oxygens (including phenoxy) is 7. The summed E-state index contributed by atoms with van der Waals surface area (Å²) < 4.78 is 39.7. The van der Waals surface area contributed by atoms with Crippen molar-refractivity contribution in [1.82, 2.24) is 0 Å². The van der Waals surface area contributed by atoms with Crippen molar-refractivity contribution in [3.8, 4) is 11.5 Å². The van der Waals surface area contributed by atoms with Gasteiger partial charge in [-0.05, 0) is 43.0 Å². The average molecular weight is 422 g/mol. The molecule has 5 rings (SSSR count). The fourth-order valence-corrected chi connectivity index (χ4v) is 4.67. The molecule has 0 aromatic heterocycles. The van der Waals surface area contributed by atoms with Gasteiger partial charge in [-0.3, -0.25) is 4.79 Å². The van der Waals surface area contributed by atoms with Gasteiger partial charge in [-0.2, -0.15) is 0 Å². The van der Waals surface area contributed by atoms with Crippen LogP contribution in [0.4, 0.5) is 0 Å². The minimum atomic E-state index is -0.844. The van der Waals surface area contributed by atoms with Gasteiger partial charge < -0.3 is 38.3 Å². The van der Waals surface area contributed by atoms with Gasteiger partial charge in [0.25, 0.3) is 6.47 Å². The Balaban J connectivity index is 1.38. The Bertz CT molecular complexity index is 784. The normalized spacial score (nSPS) is 37.2. The molecule has 7 atom stereocenters. The van der Waals surface area contributed by atoms with Crippen LogP contribution in [0.5, 0.6) is 11.5 Å². The second-order valence-corrected chi connectivity index (χ2v) is 8.11. The van der Waals surface area contributed by atoms with Gasteiger partial charge in [0.15, 0.2) is 24.1 Å². The Labute approximate surface area is 174 Å². The summed E-state index contributed by atoms with van der Waals surface area (Å²) >= 11 is 0. The quantitative estimate of drug-likeness (QED) is 0.706. The van der Waals surface area contributed by atoms with Crippen molar-refractivity contribution in [2.75, 3.05) is 20.0 Å². The topological polar surface area (TPSA) is 102 Å². The molecule has 9 nitrogen and oxygen atoms in total. The molecule has 0 bridgehead atoms. The zero-order chi connectivity index (χ0) is 20.7. The van der Waals surface area contributed by atoms with Gasteiger partial charge in [0.2, 0.25) is 6.79 Å². The van der Waals surface area contributed by atoms with Gasteiger partial charge in [-0.1, -0.05) is 0 Å². The first-order valence-corrected chi connectivity index (χ1v) is 10.4. The summed E-state index contributed by atoms with van der Waals surface area (Å²) in [5, 5.41) is 10.7. The Morgan fingerprint density at radius 1 is 1.20 bits per heavy atom. The van der Waals surface area contributed by atoms with E-state index in [0.29, 0.717) is 25.2 Å². The number of benzene rings is 1. The molecule has 1 aliphatic carbocycles.